The van der Waals surface area contributed by atoms with Gasteiger partial charge in [-0.05, 0) is 51.1 Å². The Balaban J connectivity index is 1.68. The molecule has 0 spiro atoms. The van der Waals surface area contributed by atoms with Crippen molar-refractivity contribution in [3.8, 4) is 5.88 Å². The van der Waals surface area contributed by atoms with E-state index < -0.39 is 23.6 Å². The number of carbonyl (C=O) groups is 1. The summed E-state index contributed by atoms with van der Waals surface area (Å²) in [6.07, 6.45) is -3.40. The molecule has 2 aromatic carbocycles. The fourth-order valence-corrected chi connectivity index (χ4v) is 4.72. The first-order valence-corrected chi connectivity index (χ1v) is 12.7. The van der Waals surface area contributed by atoms with Gasteiger partial charge in [0, 0.05) is 36.2 Å². The first-order chi connectivity index (χ1) is 18.6. The summed E-state index contributed by atoms with van der Waals surface area (Å²) in [5.41, 5.74) is 1.61. The third-order valence-electron chi connectivity index (χ3n) is 6.40. The van der Waals surface area contributed by atoms with Crippen LogP contribution in [0.5, 0.6) is 5.88 Å². The Bertz CT molecular complexity index is 1340. The summed E-state index contributed by atoms with van der Waals surface area (Å²) in [5.74, 6) is -1.63. The molecule has 0 amide bonds. The monoisotopic (exact) mass is 539 g/mol. The highest BCUT2D eigenvalue weighted by atomic mass is 19.4. The molecule has 0 radical (unpaired) electrons. The smallest absolute Gasteiger partial charge is 0.416 e. The van der Waals surface area contributed by atoms with Gasteiger partial charge in [0.05, 0.1) is 23.2 Å². The van der Waals surface area contributed by atoms with Crippen LogP contribution in [-0.4, -0.2) is 42.2 Å². The number of ether oxygens (including phenoxy) is 2. The number of likely N-dealkylation sites (N-methyl/N-ethyl adjacent to an activating group) is 1. The molecule has 3 aromatic rings. The molecule has 1 aromatic heterocycles. The normalized spacial score (nSPS) is 15.3. The van der Waals surface area contributed by atoms with E-state index in [1.165, 1.54) is 24.4 Å². The zero-order chi connectivity index (χ0) is 28.2. The average Bonchev–Trinajstić information content (AvgIpc) is 2.87. The third kappa shape index (κ3) is 6.60. The van der Waals surface area contributed by atoms with Crippen LogP contribution < -0.4 is 10.1 Å². The van der Waals surface area contributed by atoms with E-state index in [4.69, 9.17) is 9.47 Å². The number of pyridine rings is 1. The van der Waals surface area contributed by atoms with Gasteiger partial charge in [0.1, 0.15) is 6.61 Å². The quantitative estimate of drug-likeness (QED) is 0.318. The van der Waals surface area contributed by atoms with Crippen LogP contribution in [0, 0.1) is 0 Å². The molecule has 1 aliphatic rings. The molecule has 0 fully saturated rings. The number of allylic oxidation sites excluding steroid dienone is 1. The highest BCUT2D eigenvalue weighted by Gasteiger charge is 2.42. The van der Waals surface area contributed by atoms with Crippen LogP contribution in [0.25, 0.3) is 0 Å². The van der Waals surface area contributed by atoms with Crippen molar-refractivity contribution in [2.75, 3.05) is 25.5 Å². The van der Waals surface area contributed by atoms with Gasteiger partial charge in [-0.2, -0.15) is 13.2 Å². The number of hydrogen-bond acceptors (Lipinski definition) is 6. The molecule has 0 aliphatic carbocycles. The van der Waals surface area contributed by atoms with Gasteiger partial charge in [-0.25, -0.2) is 9.78 Å². The molecule has 1 aliphatic heterocycles. The minimum absolute atomic E-state index is 0.0677. The number of esters is 1. The van der Waals surface area contributed by atoms with Gasteiger partial charge in [0.15, 0.2) is 0 Å². The molecule has 6 nitrogen and oxygen atoms in total. The van der Waals surface area contributed by atoms with Gasteiger partial charge in [0.2, 0.25) is 5.88 Å². The van der Waals surface area contributed by atoms with E-state index >= 15 is 0 Å². The standard InChI is InChI=1S/C30H32F3N3O3/c1-19(2)39-28-27-24(14-15-34-28)35-20(3)25(26(27)22-12-8-9-13-23(22)30(31,32)33)29(37)38-17-16-36(4)18-21-10-6-5-7-11-21/h5-15,19,26,35H,16-18H2,1-4H3. The summed E-state index contributed by atoms with van der Waals surface area (Å²) in [6, 6.07) is 16.8. The van der Waals surface area contributed by atoms with Gasteiger partial charge in [0.25, 0.3) is 0 Å². The van der Waals surface area contributed by atoms with Gasteiger partial charge in [-0.3, -0.25) is 4.90 Å². The Hall–Kier alpha value is -3.85. The van der Waals surface area contributed by atoms with Gasteiger partial charge < -0.3 is 14.8 Å². The Kier molecular flexibility index (Phi) is 8.60. The van der Waals surface area contributed by atoms with Crippen molar-refractivity contribution >= 4 is 11.7 Å². The van der Waals surface area contributed by atoms with E-state index in [9.17, 15) is 18.0 Å². The second-order valence-corrected chi connectivity index (χ2v) is 9.78. The van der Waals surface area contributed by atoms with Crippen LogP contribution in [0.3, 0.4) is 0 Å². The van der Waals surface area contributed by atoms with Crippen molar-refractivity contribution in [1.29, 1.82) is 0 Å². The third-order valence-corrected chi connectivity index (χ3v) is 6.40. The Labute approximate surface area is 226 Å². The fourth-order valence-electron chi connectivity index (χ4n) is 4.72. The Morgan fingerprint density at radius 3 is 2.46 bits per heavy atom. The number of halogens is 3. The number of alkyl halides is 3. The minimum atomic E-state index is -4.63. The first-order valence-electron chi connectivity index (χ1n) is 12.7. The number of fused-ring (bicyclic) bond motifs is 1. The van der Waals surface area contributed by atoms with Crippen LogP contribution >= 0.6 is 0 Å². The maximum Gasteiger partial charge on any atom is 0.416 e. The summed E-state index contributed by atoms with van der Waals surface area (Å²) < 4.78 is 54.1. The molecule has 0 saturated carbocycles. The van der Waals surface area contributed by atoms with E-state index in [0.29, 0.717) is 30.0 Å². The second-order valence-electron chi connectivity index (χ2n) is 9.78. The topological polar surface area (TPSA) is 63.7 Å². The van der Waals surface area contributed by atoms with Gasteiger partial charge >= 0.3 is 12.1 Å². The van der Waals surface area contributed by atoms with E-state index in [-0.39, 0.29) is 29.7 Å². The molecule has 1 unspecified atom stereocenters. The lowest BCUT2D eigenvalue weighted by atomic mass is 9.79. The minimum Gasteiger partial charge on any atom is -0.475 e. The molecule has 4 rings (SSSR count). The summed E-state index contributed by atoms with van der Waals surface area (Å²) in [6.45, 7) is 6.45. The molecule has 0 saturated heterocycles. The van der Waals surface area contributed by atoms with Crippen molar-refractivity contribution in [1.82, 2.24) is 9.88 Å². The maximum atomic E-state index is 14.2. The van der Waals surface area contributed by atoms with Crippen molar-refractivity contribution in [2.45, 2.75) is 45.5 Å². The molecule has 0 bridgehead atoms. The van der Waals surface area contributed by atoms with Crippen molar-refractivity contribution in [2.24, 2.45) is 0 Å². The number of carbonyl (C=O) groups excluding carboxylic acids is 1. The number of nitrogens with one attached hydrogen (secondary N) is 1. The molecular formula is C30H32F3N3O3. The molecular weight excluding hydrogens is 507 g/mol. The van der Waals surface area contributed by atoms with E-state index in [0.717, 1.165) is 11.6 Å². The predicted molar refractivity (Wildman–Crippen MR) is 143 cm³/mol. The molecule has 9 heteroatoms. The Morgan fingerprint density at radius 2 is 1.77 bits per heavy atom. The zero-order valence-electron chi connectivity index (χ0n) is 22.4. The zero-order valence-corrected chi connectivity index (χ0v) is 22.4. The lowest BCUT2D eigenvalue weighted by Crippen LogP contribution is -2.29. The maximum absolute atomic E-state index is 14.2. The van der Waals surface area contributed by atoms with Gasteiger partial charge in [-0.1, -0.05) is 48.5 Å². The molecule has 1 atom stereocenters. The number of anilines is 1. The molecule has 2 heterocycles. The first kappa shape index (κ1) is 28.2. The SMILES string of the molecule is CC1=C(C(=O)OCCN(C)Cc2ccccc2)C(c2ccccc2C(F)(F)F)c2c(ccnc2OC(C)C)N1. The summed E-state index contributed by atoms with van der Waals surface area (Å²) in [4.78, 5) is 19.9. The number of hydrogen-bond donors (Lipinski definition) is 1. The number of nitrogens with zero attached hydrogens (tertiary/aromatic N) is 2. The highest BCUT2D eigenvalue weighted by Crippen LogP contribution is 2.48. The molecule has 206 valence electrons. The summed E-state index contributed by atoms with van der Waals surface area (Å²) in [7, 11) is 1.91. The summed E-state index contributed by atoms with van der Waals surface area (Å²) >= 11 is 0. The van der Waals surface area contributed by atoms with Gasteiger partial charge in [-0.15, -0.1) is 0 Å². The van der Waals surface area contributed by atoms with Crippen molar-refractivity contribution in [3.05, 3.63) is 100 Å². The lowest BCUT2D eigenvalue weighted by Gasteiger charge is -2.32. The largest absolute Gasteiger partial charge is 0.475 e. The lowest BCUT2D eigenvalue weighted by molar-refractivity contribution is -0.141. The fraction of sp³-hybridized carbons (Fsp3) is 0.333. The molecule has 39 heavy (non-hydrogen) atoms. The second kappa shape index (κ2) is 11.9. The number of aromatic nitrogens is 1. The van der Waals surface area contributed by atoms with Crippen LogP contribution in [0.4, 0.5) is 18.9 Å². The molecule has 1 N–H and O–H groups in total. The number of rotatable bonds is 9. The predicted octanol–water partition coefficient (Wildman–Crippen LogP) is 6.39. The number of benzene rings is 2. The van der Waals surface area contributed by atoms with Crippen molar-refractivity contribution in [3.63, 3.8) is 0 Å². The van der Waals surface area contributed by atoms with Crippen molar-refractivity contribution < 1.29 is 27.4 Å². The van der Waals surface area contributed by atoms with E-state index in [1.54, 1.807) is 26.8 Å². The summed E-state index contributed by atoms with van der Waals surface area (Å²) in [5, 5.41) is 3.16. The average molecular weight is 540 g/mol. The Morgan fingerprint density at radius 1 is 1.08 bits per heavy atom. The highest BCUT2D eigenvalue weighted by molar-refractivity contribution is 5.95. The van der Waals surface area contributed by atoms with Crippen LogP contribution in [0.15, 0.2) is 78.1 Å². The van der Waals surface area contributed by atoms with E-state index in [1.807, 2.05) is 42.3 Å². The van der Waals surface area contributed by atoms with Crippen LogP contribution in [0.2, 0.25) is 0 Å². The van der Waals surface area contributed by atoms with Crippen LogP contribution in [-0.2, 0) is 22.3 Å². The van der Waals surface area contributed by atoms with Crippen LogP contribution in [0.1, 0.15) is 48.9 Å². The van der Waals surface area contributed by atoms with E-state index in [2.05, 4.69) is 10.3 Å².